The fraction of sp³-hybridized carbons (Fsp3) is 0. The van der Waals surface area contributed by atoms with Gasteiger partial charge in [-0.2, -0.15) is 10.2 Å². The van der Waals surface area contributed by atoms with Crippen LogP contribution in [0.3, 0.4) is 0 Å². The molecule has 0 aromatic heterocycles. The quantitative estimate of drug-likeness (QED) is 0.511. The van der Waals surface area contributed by atoms with Crippen LogP contribution >= 0.6 is 22.6 Å². The van der Waals surface area contributed by atoms with Gasteiger partial charge in [0.25, 0.3) is 0 Å². The van der Waals surface area contributed by atoms with Crippen molar-refractivity contribution in [2.24, 2.45) is 10.2 Å². The Morgan fingerprint density at radius 2 is 1.61 bits per heavy atom. The second kappa shape index (κ2) is 5.72. The summed E-state index contributed by atoms with van der Waals surface area (Å²) >= 11 is 2.21. The summed E-state index contributed by atoms with van der Waals surface area (Å²) in [6, 6.07) is 12.1. The van der Waals surface area contributed by atoms with E-state index >= 15 is 0 Å². The molecule has 0 saturated carbocycles. The van der Waals surface area contributed by atoms with Crippen LogP contribution in [0.4, 0.5) is 11.4 Å². The van der Waals surface area contributed by atoms with Gasteiger partial charge in [0.1, 0.15) is 5.75 Å². The molecule has 2 aromatic carbocycles. The predicted octanol–water partition coefficient (Wildman–Crippen LogP) is 4.22. The second-order valence-corrected chi connectivity index (χ2v) is 4.78. The third kappa shape index (κ3) is 3.13. The largest absolute Gasteiger partial charge is 0.507 e. The maximum absolute atomic E-state index is 10.7. The van der Waals surface area contributed by atoms with Crippen molar-refractivity contribution in [1.82, 2.24) is 0 Å². The minimum Gasteiger partial charge on any atom is -0.507 e. The first-order valence-electron chi connectivity index (χ1n) is 5.14. The molecule has 2 rings (SSSR count). The van der Waals surface area contributed by atoms with Gasteiger partial charge in [-0.05, 0) is 65.1 Å². The minimum absolute atomic E-state index is 0.0572. The molecule has 0 aliphatic heterocycles. The van der Waals surface area contributed by atoms with Gasteiger partial charge in [-0.15, -0.1) is 0 Å². The average Bonchev–Trinajstić information content (AvgIpc) is 2.39. The Balaban J connectivity index is 2.23. The number of azo groups is 1. The zero-order chi connectivity index (χ0) is 13.0. The topological polar surface area (TPSA) is 62.0 Å². The van der Waals surface area contributed by atoms with E-state index in [4.69, 9.17) is 0 Å². The van der Waals surface area contributed by atoms with Crippen molar-refractivity contribution in [3.8, 4) is 5.75 Å². The molecule has 2 aromatic rings. The van der Waals surface area contributed by atoms with Crippen molar-refractivity contribution in [2.75, 3.05) is 0 Å². The molecule has 0 bridgehead atoms. The SMILES string of the molecule is O=Cc1cc(N=Nc2ccc(I)cc2)ccc1O. The van der Waals surface area contributed by atoms with Crippen LogP contribution < -0.4 is 0 Å². The summed E-state index contributed by atoms with van der Waals surface area (Å²) in [5, 5.41) is 17.4. The van der Waals surface area contributed by atoms with E-state index in [2.05, 4.69) is 32.8 Å². The van der Waals surface area contributed by atoms with Crippen LogP contribution in [-0.2, 0) is 0 Å². The molecule has 0 fully saturated rings. The number of hydrogen-bond donors (Lipinski definition) is 1. The average molecular weight is 352 g/mol. The van der Waals surface area contributed by atoms with Crippen molar-refractivity contribution in [3.05, 3.63) is 51.6 Å². The molecule has 0 amide bonds. The summed E-state index contributed by atoms with van der Waals surface area (Å²) in [7, 11) is 0. The summed E-state index contributed by atoms with van der Waals surface area (Å²) in [6.07, 6.45) is 0.583. The number of aldehydes is 1. The summed E-state index contributed by atoms with van der Waals surface area (Å²) in [4.78, 5) is 10.7. The van der Waals surface area contributed by atoms with Gasteiger partial charge >= 0.3 is 0 Å². The van der Waals surface area contributed by atoms with Gasteiger partial charge in [0.2, 0.25) is 0 Å². The van der Waals surface area contributed by atoms with Crippen molar-refractivity contribution in [1.29, 1.82) is 0 Å². The van der Waals surface area contributed by atoms with E-state index in [0.29, 0.717) is 12.0 Å². The van der Waals surface area contributed by atoms with Crippen molar-refractivity contribution in [3.63, 3.8) is 0 Å². The van der Waals surface area contributed by atoms with E-state index in [1.165, 1.54) is 12.1 Å². The number of phenolic OH excluding ortho intramolecular Hbond substituents is 1. The van der Waals surface area contributed by atoms with Crippen LogP contribution in [0.25, 0.3) is 0 Å². The number of nitrogens with zero attached hydrogens (tertiary/aromatic N) is 2. The van der Waals surface area contributed by atoms with Crippen molar-refractivity contribution < 1.29 is 9.90 Å². The molecule has 0 heterocycles. The Hall–Kier alpha value is -1.76. The summed E-state index contributed by atoms with van der Waals surface area (Å²) < 4.78 is 1.12. The van der Waals surface area contributed by atoms with Gasteiger partial charge in [0, 0.05) is 3.57 Å². The highest BCUT2D eigenvalue weighted by molar-refractivity contribution is 14.1. The molecular formula is C13H9IN2O2. The monoisotopic (exact) mass is 352 g/mol. The number of phenols is 1. The number of hydrogen-bond acceptors (Lipinski definition) is 4. The zero-order valence-corrected chi connectivity index (χ0v) is 11.4. The van der Waals surface area contributed by atoms with Crippen molar-refractivity contribution >= 4 is 40.3 Å². The molecule has 5 heteroatoms. The highest BCUT2D eigenvalue weighted by Gasteiger charge is 2.00. The molecule has 0 unspecified atom stereocenters. The fourth-order valence-corrected chi connectivity index (χ4v) is 1.68. The lowest BCUT2D eigenvalue weighted by Gasteiger charge is -1.98. The van der Waals surface area contributed by atoms with E-state index < -0.39 is 0 Å². The second-order valence-electron chi connectivity index (χ2n) is 3.54. The van der Waals surface area contributed by atoms with Crippen LogP contribution in [0.1, 0.15) is 10.4 Å². The lowest BCUT2D eigenvalue weighted by atomic mass is 10.2. The summed E-state index contributed by atoms with van der Waals surface area (Å²) in [6.45, 7) is 0. The molecule has 4 nitrogen and oxygen atoms in total. The number of aromatic hydroxyl groups is 1. The first kappa shape index (κ1) is 12.7. The molecular weight excluding hydrogens is 343 g/mol. The molecule has 90 valence electrons. The smallest absolute Gasteiger partial charge is 0.153 e. The van der Waals surface area contributed by atoms with Crippen molar-refractivity contribution in [2.45, 2.75) is 0 Å². The molecule has 0 aliphatic carbocycles. The standard InChI is InChI=1S/C13H9IN2O2/c14-10-1-3-11(4-2-10)15-16-12-5-6-13(18)9(7-12)8-17/h1-8,18H. The Bertz CT molecular complexity index is 594. The molecule has 0 aliphatic rings. The highest BCUT2D eigenvalue weighted by atomic mass is 127. The first-order chi connectivity index (χ1) is 8.69. The third-order valence-corrected chi connectivity index (χ3v) is 2.96. The van der Waals surface area contributed by atoms with Crippen LogP contribution in [0.5, 0.6) is 5.75 Å². The number of carbonyl (C=O) groups is 1. The van der Waals surface area contributed by atoms with E-state index in [-0.39, 0.29) is 11.3 Å². The normalized spacial score (nSPS) is 10.7. The van der Waals surface area contributed by atoms with Crippen LogP contribution in [0.15, 0.2) is 52.7 Å². The lowest BCUT2D eigenvalue weighted by Crippen LogP contribution is -1.79. The van der Waals surface area contributed by atoms with Crippen LogP contribution in [0, 0.1) is 3.57 Å². The summed E-state index contributed by atoms with van der Waals surface area (Å²) in [5.74, 6) is -0.0572. The van der Waals surface area contributed by atoms with Gasteiger partial charge in [-0.25, -0.2) is 0 Å². The van der Waals surface area contributed by atoms with E-state index in [1.54, 1.807) is 6.07 Å². The highest BCUT2D eigenvalue weighted by Crippen LogP contribution is 2.24. The number of benzene rings is 2. The maximum atomic E-state index is 10.7. The molecule has 0 atom stereocenters. The third-order valence-electron chi connectivity index (χ3n) is 2.25. The number of rotatable bonds is 3. The molecule has 0 radical (unpaired) electrons. The van der Waals surface area contributed by atoms with Gasteiger partial charge in [0.05, 0.1) is 16.9 Å². The van der Waals surface area contributed by atoms with Gasteiger partial charge in [0.15, 0.2) is 6.29 Å². The Morgan fingerprint density at radius 3 is 2.28 bits per heavy atom. The lowest BCUT2D eigenvalue weighted by molar-refractivity contribution is 0.112. The Kier molecular flexibility index (Phi) is 4.03. The number of carbonyl (C=O) groups excluding carboxylic acids is 1. The fourth-order valence-electron chi connectivity index (χ4n) is 1.32. The Morgan fingerprint density at radius 1 is 1.00 bits per heavy atom. The maximum Gasteiger partial charge on any atom is 0.153 e. The molecule has 18 heavy (non-hydrogen) atoms. The van der Waals surface area contributed by atoms with Crippen LogP contribution in [-0.4, -0.2) is 11.4 Å². The van der Waals surface area contributed by atoms with Gasteiger partial charge in [-0.1, -0.05) is 0 Å². The zero-order valence-electron chi connectivity index (χ0n) is 9.25. The Labute approximate surface area is 118 Å². The molecule has 1 N–H and O–H groups in total. The predicted molar refractivity (Wildman–Crippen MR) is 76.8 cm³/mol. The first-order valence-corrected chi connectivity index (χ1v) is 6.22. The van der Waals surface area contributed by atoms with Gasteiger partial charge < -0.3 is 5.11 Å². The van der Waals surface area contributed by atoms with E-state index in [9.17, 15) is 9.90 Å². The molecule has 0 spiro atoms. The van der Waals surface area contributed by atoms with E-state index in [0.717, 1.165) is 9.26 Å². The van der Waals surface area contributed by atoms with E-state index in [1.807, 2.05) is 24.3 Å². The minimum atomic E-state index is -0.0572. The summed E-state index contributed by atoms with van der Waals surface area (Å²) in [5.41, 5.74) is 1.46. The van der Waals surface area contributed by atoms with Crippen LogP contribution in [0.2, 0.25) is 0 Å². The van der Waals surface area contributed by atoms with Gasteiger partial charge in [-0.3, -0.25) is 4.79 Å². The number of halogens is 1. The molecule has 0 saturated heterocycles.